The number of carbonyl (C=O) groups excluding carboxylic acids is 5. The molecule has 1 saturated heterocycles. The molecule has 0 N–H and O–H groups in total. The van der Waals surface area contributed by atoms with Crippen molar-refractivity contribution in [2.24, 2.45) is 50.7 Å². The molecule has 0 spiro atoms. The van der Waals surface area contributed by atoms with Gasteiger partial charge in [0.1, 0.15) is 11.5 Å². The summed E-state index contributed by atoms with van der Waals surface area (Å²) in [6.45, 7) is 17.8. The topological polar surface area (TPSA) is 126 Å². The van der Waals surface area contributed by atoms with Crippen molar-refractivity contribution in [1.82, 2.24) is 0 Å². The average molecular weight is 631 g/mol. The third kappa shape index (κ3) is 5.00. The summed E-state index contributed by atoms with van der Waals surface area (Å²) in [5.41, 5.74) is -3.28. The molecule has 0 aromatic heterocycles. The summed E-state index contributed by atoms with van der Waals surface area (Å²) in [4.78, 5) is 65.8. The Morgan fingerprint density at radius 3 is 2.07 bits per heavy atom. The predicted molar refractivity (Wildman–Crippen MR) is 164 cm³/mol. The number of hydrogen-bond acceptors (Lipinski definition) is 9. The summed E-state index contributed by atoms with van der Waals surface area (Å²) in [6, 6.07) is 0. The Kier molecular flexibility index (Phi) is 8.44. The van der Waals surface area contributed by atoms with Gasteiger partial charge in [-0.2, -0.15) is 0 Å². The van der Waals surface area contributed by atoms with Gasteiger partial charge in [-0.15, -0.1) is 0 Å². The first-order valence-electron chi connectivity index (χ1n) is 17.0. The maximum atomic E-state index is 14.9. The molecule has 1 heterocycles. The minimum atomic E-state index is -1.64. The summed E-state index contributed by atoms with van der Waals surface area (Å²) in [5, 5.41) is 0. The highest BCUT2D eigenvalue weighted by Crippen LogP contribution is 2.74. The van der Waals surface area contributed by atoms with E-state index in [-0.39, 0.29) is 70.7 Å². The van der Waals surface area contributed by atoms with Gasteiger partial charge >= 0.3 is 17.9 Å². The first-order chi connectivity index (χ1) is 20.8. The standard InChI is InChI=1S/C36H54O9/c1-21(2)36(19-44-36)27(39)18-35(30(41)43-20-42-22(3)37)17-16-33(8)24(29(35)40)10-11-26-32(7)14-13-28(45-23(4)38)31(5,6)25(32)12-15-34(26,33)9/h21,24-26,28H,10-20H2,1-9H3/t24-,25+,26-,28+,32+,33-,34-,35-,36-/m1/s1. The molecule has 9 heteroatoms. The van der Waals surface area contributed by atoms with Gasteiger partial charge in [0.2, 0.25) is 6.79 Å². The second-order valence-corrected chi connectivity index (χ2v) is 16.6. The van der Waals surface area contributed by atoms with Crippen molar-refractivity contribution < 1.29 is 42.9 Å². The zero-order chi connectivity index (χ0) is 33.4. The lowest BCUT2D eigenvalue weighted by Crippen LogP contribution is -2.67. The van der Waals surface area contributed by atoms with Crippen LogP contribution in [0.3, 0.4) is 0 Å². The zero-order valence-electron chi connectivity index (χ0n) is 28.8. The highest BCUT2D eigenvalue weighted by atomic mass is 16.7. The molecular weight excluding hydrogens is 576 g/mol. The molecule has 0 unspecified atom stereocenters. The molecule has 0 aromatic carbocycles. The molecular formula is C36H54O9. The number of ketones is 2. The number of Topliss-reactive ketones (excluding diaryl/α,β-unsaturated/α-hetero) is 2. The van der Waals surface area contributed by atoms with Crippen molar-refractivity contribution in [3.63, 3.8) is 0 Å². The Morgan fingerprint density at radius 2 is 1.49 bits per heavy atom. The van der Waals surface area contributed by atoms with E-state index >= 15 is 0 Å². The van der Waals surface area contributed by atoms with Crippen LogP contribution in [0.15, 0.2) is 0 Å². The van der Waals surface area contributed by atoms with E-state index in [2.05, 4.69) is 34.6 Å². The molecule has 0 amide bonds. The summed E-state index contributed by atoms with van der Waals surface area (Å²) in [5.74, 6) is -1.80. The van der Waals surface area contributed by atoms with Crippen molar-refractivity contribution in [2.45, 2.75) is 132 Å². The fourth-order valence-electron chi connectivity index (χ4n) is 11.2. The van der Waals surface area contributed by atoms with Gasteiger partial charge < -0.3 is 18.9 Å². The lowest BCUT2D eigenvalue weighted by molar-refractivity contribution is -0.237. The highest BCUT2D eigenvalue weighted by Gasteiger charge is 2.71. The normalized spacial score (nSPS) is 43.3. The van der Waals surface area contributed by atoms with Gasteiger partial charge in [0, 0.05) is 31.6 Å². The van der Waals surface area contributed by atoms with E-state index in [0.29, 0.717) is 24.7 Å². The lowest BCUT2D eigenvalue weighted by atomic mass is 9.33. The zero-order valence-corrected chi connectivity index (χ0v) is 28.8. The van der Waals surface area contributed by atoms with Gasteiger partial charge in [0.05, 0.1) is 6.61 Å². The molecule has 5 aliphatic rings. The molecule has 4 saturated carbocycles. The van der Waals surface area contributed by atoms with Crippen molar-refractivity contribution in [3.8, 4) is 0 Å². The first-order valence-corrected chi connectivity index (χ1v) is 17.0. The van der Waals surface area contributed by atoms with Gasteiger partial charge in [-0.3, -0.25) is 24.0 Å². The molecule has 9 nitrogen and oxygen atoms in total. The number of fused-ring (bicyclic) bond motifs is 5. The van der Waals surface area contributed by atoms with E-state index in [9.17, 15) is 24.0 Å². The van der Waals surface area contributed by atoms with E-state index in [0.717, 1.165) is 32.1 Å². The number of rotatable bonds is 8. The number of ether oxygens (including phenoxy) is 4. The van der Waals surface area contributed by atoms with Crippen LogP contribution in [-0.2, 0) is 42.9 Å². The molecule has 0 aromatic rings. The van der Waals surface area contributed by atoms with E-state index in [1.165, 1.54) is 13.8 Å². The van der Waals surface area contributed by atoms with Crippen LogP contribution in [0, 0.1) is 50.7 Å². The van der Waals surface area contributed by atoms with Crippen molar-refractivity contribution in [2.75, 3.05) is 13.4 Å². The largest absolute Gasteiger partial charge is 0.462 e. The van der Waals surface area contributed by atoms with Crippen LogP contribution in [0.5, 0.6) is 0 Å². The molecule has 9 atom stereocenters. The molecule has 1 aliphatic heterocycles. The average Bonchev–Trinajstić information content (AvgIpc) is 3.75. The smallest absolute Gasteiger partial charge is 0.322 e. The van der Waals surface area contributed by atoms with E-state index in [1.54, 1.807) is 0 Å². The number of esters is 3. The molecule has 45 heavy (non-hydrogen) atoms. The Labute approximate surface area is 268 Å². The summed E-state index contributed by atoms with van der Waals surface area (Å²) < 4.78 is 21.8. The number of carbonyl (C=O) groups is 5. The Hall–Kier alpha value is -2.29. The van der Waals surface area contributed by atoms with Crippen LogP contribution >= 0.6 is 0 Å². The minimum absolute atomic E-state index is 0.0184. The quantitative estimate of drug-likeness (QED) is 0.138. The fourth-order valence-corrected chi connectivity index (χ4v) is 11.2. The minimum Gasteiger partial charge on any atom is -0.462 e. The molecule has 5 fully saturated rings. The monoisotopic (exact) mass is 630 g/mol. The maximum absolute atomic E-state index is 14.9. The molecule has 0 radical (unpaired) electrons. The van der Waals surface area contributed by atoms with E-state index in [1.807, 2.05) is 13.8 Å². The number of hydrogen-bond donors (Lipinski definition) is 0. The highest BCUT2D eigenvalue weighted by molar-refractivity contribution is 6.10. The van der Waals surface area contributed by atoms with Crippen LogP contribution in [-0.4, -0.2) is 54.6 Å². The van der Waals surface area contributed by atoms with Crippen LogP contribution < -0.4 is 0 Å². The van der Waals surface area contributed by atoms with Gasteiger partial charge in [0.15, 0.2) is 17.2 Å². The predicted octanol–water partition coefficient (Wildman–Crippen LogP) is 5.99. The second kappa shape index (κ2) is 11.2. The van der Waals surface area contributed by atoms with Gasteiger partial charge in [-0.1, -0.05) is 48.5 Å². The summed E-state index contributed by atoms with van der Waals surface area (Å²) in [6.07, 6.45) is 5.66. The number of epoxide rings is 1. The van der Waals surface area contributed by atoms with Crippen LogP contribution in [0.2, 0.25) is 0 Å². The Balaban J connectivity index is 1.46. The summed E-state index contributed by atoms with van der Waals surface area (Å²) in [7, 11) is 0. The SMILES string of the molecule is CC(=O)OCOC(=O)[C@@]1(CC(=O)[C@]2(C(C)C)CO2)CC[C@]2(C)[C@H](CC[C@@H]3[C@@]4(C)CC[C@H](OC(C)=O)C(C)(C)[C@@H]4CC[C@]32C)C1=O. The lowest BCUT2D eigenvalue weighted by Gasteiger charge is -2.71. The van der Waals surface area contributed by atoms with Crippen molar-refractivity contribution in [3.05, 3.63) is 0 Å². The van der Waals surface area contributed by atoms with E-state index in [4.69, 9.17) is 18.9 Å². The van der Waals surface area contributed by atoms with Crippen LogP contribution in [0.4, 0.5) is 0 Å². The summed E-state index contributed by atoms with van der Waals surface area (Å²) >= 11 is 0. The molecule has 4 aliphatic carbocycles. The molecule has 252 valence electrons. The van der Waals surface area contributed by atoms with E-state index < -0.39 is 35.7 Å². The Bertz CT molecular complexity index is 1260. The van der Waals surface area contributed by atoms with Crippen LogP contribution in [0.1, 0.15) is 120 Å². The van der Waals surface area contributed by atoms with Crippen molar-refractivity contribution in [1.29, 1.82) is 0 Å². The fraction of sp³-hybridized carbons (Fsp3) is 0.861. The van der Waals surface area contributed by atoms with Crippen molar-refractivity contribution >= 4 is 29.5 Å². The van der Waals surface area contributed by atoms with Gasteiger partial charge in [-0.25, -0.2) is 0 Å². The Morgan fingerprint density at radius 1 is 0.822 bits per heavy atom. The van der Waals surface area contributed by atoms with Gasteiger partial charge in [-0.05, 0) is 85.4 Å². The third-order valence-electron chi connectivity index (χ3n) is 14.1. The third-order valence-corrected chi connectivity index (χ3v) is 14.1. The second-order valence-electron chi connectivity index (χ2n) is 16.6. The molecule has 0 bridgehead atoms. The van der Waals surface area contributed by atoms with Gasteiger partial charge in [0.25, 0.3) is 0 Å². The first kappa shape index (κ1) is 34.1. The van der Waals surface area contributed by atoms with Crippen LogP contribution in [0.25, 0.3) is 0 Å². The maximum Gasteiger partial charge on any atom is 0.322 e. The molecule has 5 rings (SSSR count).